The van der Waals surface area contributed by atoms with Gasteiger partial charge in [-0.15, -0.1) is 0 Å². The van der Waals surface area contributed by atoms with Gasteiger partial charge in [-0.2, -0.15) is 5.10 Å². The van der Waals surface area contributed by atoms with Gasteiger partial charge >= 0.3 is 12.0 Å². The van der Waals surface area contributed by atoms with E-state index in [0.29, 0.717) is 11.6 Å². The Hall–Kier alpha value is -2.16. The van der Waals surface area contributed by atoms with Gasteiger partial charge in [-0.3, -0.25) is 9.89 Å². The summed E-state index contributed by atoms with van der Waals surface area (Å²) in [5, 5.41) is 15.4. The van der Waals surface area contributed by atoms with Crippen LogP contribution >= 0.6 is 0 Å². The molecule has 0 radical (unpaired) electrons. The van der Waals surface area contributed by atoms with Crippen molar-refractivity contribution in [2.45, 2.75) is 13.5 Å². The Kier molecular flexibility index (Phi) is 5.91. The maximum absolute atomic E-state index is 12.2. The van der Waals surface area contributed by atoms with E-state index in [0.717, 1.165) is 0 Å². The Morgan fingerprint density at radius 3 is 2.65 bits per heavy atom. The number of aromatic amines is 1. The maximum Gasteiger partial charge on any atom is 0.323 e. The summed E-state index contributed by atoms with van der Waals surface area (Å²) in [6.07, 6.45) is 0. The van der Waals surface area contributed by atoms with Crippen LogP contribution in [-0.2, 0) is 16.1 Å². The van der Waals surface area contributed by atoms with Crippen molar-refractivity contribution < 1.29 is 19.4 Å². The maximum atomic E-state index is 12.2. The van der Waals surface area contributed by atoms with E-state index in [9.17, 15) is 9.59 Å². The van der Waals surface area contributed by atoms with Crippen LogP contribution < -0.4 is 0 Å². The second-order valence-corrected chi connectivity index (χ2v) is 4.28. The minimum atomic E-state index is -1.07. The first kappa shape index (κ1) is 15.9. The molecule has 0 fully saturated rings. The minimum Gasteiger partial charge on any atom is -0.480 e. The molecule has 1 heterocycles. The van der Waals surface area contributed by atoms with Crippen molar-refractivity contribution in [2.75, 3.05) is 33.9 Å². The number of hydrogen-bond donors (Lipinski definition) is 2. The number of nitrogens with zero attached hydrogens (tertiary/aromatic N) is 4. The van der Waals surface area contributed by atoms with Crippen molar-refractivity contribution in [3.63, 3.8) is 0 Å². The highest BCUT2D eigenvalue weighted by Crippen LogP contribution is 2.02. The van der Waals surface area contributed by atoms with Crippen LogP contribution in [0.1, 0.15) is 11.6 Å². The molecule has 0 aliphatic heterocycles. The average Bonchev–Trinajstić information content (AvgIpc) is 2.78. The van der Waals surface area contributed by atoms with Crippen molar-refractivity contribution >= 4 is 12.0 Å². The van der Waals surface area contributed by atoms with Crippen LogP contribution in [0.5, 0.6) is 0 Å². The lowest BCUT2D eigenvalue weighted by Crippen LogP contribution is -2.45. The second kappa shape index (κ2) is 7.43. The Labute approximate surface area is 116 Å². The van der Waals surface area contributed by atoms with Crippen molar-refractivity contribution in [3.05, 3.63) is 11.6 Å². The average molecular weight is 285 g/mol. The summed E-state index contributed by atoms with van der Waals surface area (Å²) in [5.74, 6) is 0.0552. The molecule has 0 aliphatic carbocycles. The molecule has 112 valence electrons. The molecule has 0 bridgehead atoms. The number of carboxylic acid groups (broad SMARTS) is 1. The number of amides is 2. The number of rotatable bonds is 7. The van der Waals surface area contributed by atoms with Crippen LogP contribution in [-0.4, -0.2) is 75.9 Å². The van der Waals surface area contributed by atoms with Crippen LogP contribution in [0.25, 0.3) is 0 Å². The van der Waals surface area contributed by atoms with Gasteiger partial charge in [0.25, 0.3) is 0 Å². The van der Waals surface area contributed by atoms with Gasteiger partial charge in [0.2, 0.25) is 0 Å². The first-order valence-corrected chi connectivity index (χ1v) is 6.02. The third-order valence-corrected chi connectivity index (χ3v) is 2.51. The Morgan fingerprint density at radius 1 is 1.45 bits per heavy atom. The second-order valence-electron chi connectivity index (χ2n) is 4.28. The standard InChI is InChI=1S/C11H19N5O4/c1-8-12-9(14-13-8)6-15(2)11(19)16(4-5-20-3)7-10(17)18/h4-7H2,1-3H3,(H,17,18)(H,12,13,14). The van der Waals surface area contributed by atoms with E-state index in [-0.39, 0.29) is 26.2 Å². The summed E-state index contributed by atoms with van der Waals surface area (Å²) in [4.78, 5) is 29.6. The number of carbonyl (C=O) groups excluding carboxylic acids is 1. The van der Waals surface area contributed by atoms with Crippen molar-refractivity contribution in [3.8, 4) is 0 Å². The fourth-order valence-electron chi connectivity index (χ4n) is 1.59. The van der Waals surface area contributed by atoms with Gasteiger partial charge in [0.15, 0.2) is 5.82 Å². The topological polar surface area (TPSA) is 112 Å². The molecule has 20 heavy (non-hydrogen) atoms. The summed E-state index contributed by atoms with van der Waals surface area (Å²) in [6.45, 7) is 2.06. The number of methoxy groups -OCH3 is 1. The van der Waals surface area contributed by atoms with Crippen LogP contribution in [0.4, 0.5) is 4.79 Å². The Balaban J connectivity index is 2.64. The van der Waals surface area contributed by atoms with E-state index in [2.05, 4.69) is 15.2 Å². The minimum absolute atomic E-state index is 0.201. The van der Waals surface area contributed by atoms with Gasteiger partial charge in [-0.1, -0.05) is 0 Å². The van der Waals surface area contributed by atoms with Crippen molar-refractivity contribution in [1.29, 1.82) is 0 Å². The van der Waals surface area contributed by atoms with Crippen LogP contribution in [0.2, 0.25) is 0 Å². The van der Waals surface area contributed by atoms with E-state index in [1.165, 1.54) is 16.9 Å². The number of nitrogens with one attached hydrogen (secondary N) is 1. The fraction of sp³-hybridized carbons (Fsp3) is 0.636. The summed E-state index contributed by atoms with van der Waals surface area (Å²) in [7, 11) is 3.05. The monoisotopic (exact) mass is 285 g/mol. The Bertz CT molecular complexity index is 461. The number of H-pyrrole nitrogens is 1. The molecule has 0 aromatic carbocycles. The first-order valence-electron chi connectivity index (χ1n) is 6.02. The molecule has 0 saturated heterocycles. The third-order valence-electron chi connectivity index (χ3n) is 2.51. The molecular formula is C11H19N5O4. The largest absolute Gasteiger partial charge is 0.480 e. The van der Waals surface area contributed by atoms with E-state index < -0.39 is 12.0 Å². The van der Waals surface area contributed by atoms with Crippen LogP contribution in [0.3, 0.4) is 0 Å². The number of carbonyl (C=O) groups is 2. The van der Waals surface area contributed by atoms with E-state index in [4.69, 9.17) is 9.84 Å². The molecule has 0 aliphatic rings. The number of aromatic nitrogens is 3. The molecule has 0 atom stereocenters. The number of aliphatic carboxylic acids is 1. The molecule has 0 unspecified atom stereocenters. The number of aryl methyl sites for hydroxylation is 1. The lowest BCUT2D eigenvalue weighted by Gasteiger charge is -2.26. The van der Waals surface area contributed by atoms with Crippen molar-refractivity contribution in [1.82, 2.24) is 25.0 Å². The lowest BCUT2D eigenvalue weighted by molar-refractivity contribution is -0.137. The molecule has 1 aromatic heterocycles. The molecule has 9 nitrogen and oxygen atoms in total. The zero-order chi connectivity index (χ0) is 15.1. The zero-order valence-corrected chi connectivity index (χ0v) is 11.8. The molecule has 2 amide bonds. The van der Waals surface area contributed by atoms with Gasteiger partial charge in [0, 0.05) is 20.7 Å². The molecule has 0 spiro atoms. The van der Waals surface area contributed by atoms with Gasteiger partial charge in [-0.25, -0.2) is 9.78 Å². The fourth-order valence-corrected chi connectivity index (χ4v) is 1.59. The summed E-state index contributed by atoms with van der Waals surface area (Å²) in [5.41, 5.74) is 0. The lowest BCUT2D eigenvalue weighted by atomic mass is 10.4. The molecule has 1 aromatic rings. The third kappa shape index (κ3) is 4.84. The molecule has 9 heteroatoms. The smallest absolute Gasteiger partial charge is 0.323 e. The first-order chi connectivity index (χ1) is 9.43. The predicted octanol–water partition coefficient (Wildman–Crippen LogP) is -0.302. The van der Waals surface area contributed by atoms with Gasteiger partial charge in [0.05, 0.1) is 13.2 Å². The van der Waals surface area contributed by atoms with Crippen LogP contribution in [0.15, 0.2) is 0 Å². The highest BCUT2D eigenvalue weighted by Gasteiger charge is 2.21. The summed E-state index contributed by atoms with van der Waals surface area (Å²) >= 11 is 0. The molecule has 1 rings (SSSR count). The number of carboxylic acids is 1. The van der Waals surface area contributed by atoms with Gasteiger partial charge in [-0.05, 0) is 6.92 Å². The summed E-state index contributed by atoms with van der Waals surface area (Å²) in [6, 6.07) is -0.410. The Morgan fingerprint density at radius 2 is 2.15 bits per heavy atom. The quantitative estimate of drug-likeness (QED) is 0.711. The number of urea groups is 1. The molecule has 0 saturated carbocycles. The van der Waals surface area contributed by atoms with Crippen LogP contribution in [0, 0.1) is 6.92 Å². The SMILES string of the molecule is COCCN(CC(=O)O)C(=O)N(C)Cc1n[nH]c(C)n1. The summed E-state index contributed by atoms with van der Waals surface area (Å²) < 4.78 is 4.87. The zero-order valence-electron chi connectivity index (χ0n) is 11.8. The molecular weight excluding hydrogens is 266 g/mol. The molecule has 2 N–H and O–H groups in total. The predicted molar refractivity (Wildman–Crippen MR) is 69.1 cm³/mol. The van der Waals surface area contributed by atoms with E-state index >= 15 is 0 Å². The van der Waals surface area contributed by atoms with Gasteiger partial charge in [0.1, 0.15) is 12.4 Å². The highest BCUT2D eigenvalue weighted by molar-refractivity contribution is 5.80. The van der Waals surface area contributed by atoms with Crippen molar-refractivity contribution in [2.24, 2.45) is 0 Å². The normalized spacial score (nSPS) is 10.3. The van der Waals surface area contributed by atoms with E-state index in [1.54, 1.807) is 14.0 Å². The van der Waals surface area contributed by atoms with Gasteiger partial charge < -0.3 is 19.6 Å². The number of ether oxygens (including phenoxy) is 1. The number of hydrogen-bond acceptors (Lipinski definition) is 5. The highest BCUT2D eigenvalue weighted by atomic mass is 16.5. The van der Waals surface area contributed by atoms with E-state index in [1.807, 2.05) is 0 Å².